The Labute approximate surface area is 160 Å². The van der Waals surface area contributed by atoms with E-state index in [-0.39, 0.29) is 5.56 Å². The molecule has 3 rings (SSSR count). The molecule has 3 aromatic rings. The normalized spacial score (nSPS) is 12.1. The van der Waals surface area contributed by atoms with Crippen molar-refractivity contribution >= 4 is 27.5 Å². The summed E-state index contributed by atoms with van der Waals surface area (Å²) in [5, 5.41) is 0.495. The van der Waals surface area contributed by atoms with E-state index in [0.29, 0.717) is 33.1 Å². The third kappa shape index (κ3) is 3.28. The van der Waals surface area contributed by atoms with Crippen LogP contribution in [0.4, 0.5) is 0 Å². The Bertz CT molecular complexity index is 1070. The number of aryl methyl sites for hydroxylation is 1. The minimum absolute atomic E-state index is 0.285. The number of carbonyl (C=O) groups excluding carboxylic acids is 1. The highest BCUT2D eigenvalue weighted by Gasteiger charge is 2.22. The molecule has 0 aliphatic carbocycles. The SMILES string of the molecule is CCc1cc2c(=O)n(C(C)C(N)=O)c(-c3ccc(OC)c(OC)c3)nc2s1. The maximum atomic E-state index is 13.1. The highest BCUT2D eigenvalue weighted by Crippen LogP contribution is 2.33. The molecule has 1 amide bonds. The van der Waals surface area contributed by atoms with Crippen LogP contribution >= 0.6 is 11.3 Å². The lowest BCUT2D eigenvalue weighted by Crippen LogP contribution is -2.33. The fourth-order valence-electron chi connectivity index (χ4n) is 2.88. The van der Waals surface area contributed by atoms with E-state index in [0.717, 1.165) is 11.3 Å². The zero-order valence-electron chi connectivity index (χ0n) is 15.6. The molecule has 0 saturated heterocycles. The van der Waals surface area contributed by atoms with Gasteiger partial charge in [-0.3, -0.25) is 14.2 Å². The molecule has 142 valence electrons. The molecular weight excluding hydrogens is 366 g/mol. The Morgan fingerprint density at radius 2 is 1.96 bits per heavy atom. The predicted octanol–water partition coefficient (Wildman–Crippen LogP) is 2.75. The first-order valence-corrected chi connectivity index (χ1v) is 9.29. The van der Waals surface area contributed by atoms with Gasteiger partial charge in [-0.2, -0.15) is 0 Å². The molecular formula is C19H21N3O4S. The largest absolute Gasteiger partial charge is 0.493 e. The Kier molecular flexibility index (Phi) is 5.18. The summed E-state index contributed by atoms with van der Waals surface area (Å²) in [5.74, 6) is 0.821. The van der Waals surface area contributed by atoms with Crippen molar-refractivity contribution in [1.82, 2.24) is 9.55 Å². The number of methoxy groups -OCH3 is 2. The number of amides is 1. The fraction of sp³-hybridized carbons (Fsp3) is 0.316. The number of thiophene rings is 1. The number of hydrogen-bond acceptors (Lipinski definition) is 6. The zero-order valence-corrected chi connectivity index (χ0v) is 16.4. The van der Waals surface area contributed by atoms with Crippen molar-refractivity contribution in [2.45, 2.75) is 26.3 Å². The van der Waals surface area contributed by atoms with Crippen LogP contribution in [0.3, 0.4) is 0 Å². The van der Waals surface area contributed by atoms with Crippen molar-refractivity contribution in [3.63, 3.8) is 0 Å². The average molecular weight is 387 g/mol. The number of nitrogens with two attached hydrogens (primary N) is 1. The van der Waals surface area contributed by atoms with E-state index in [1.54, 1.807) is 32.2 Å². The number of fused-ring (bicyclic) bond motifs is 1. The molecule has 0 fully saturated rings. The first-order chi connectivity index (χ1) is 12.9. The van der Waals surface area contributed by atoms with Crippen LogP contribution in [-0.2, 0) is 11.2 Å². The Morgan fingerprint density at radius 3 is 2.56 bits per heavy atom. The predicted molar refractivity (Wildman–Crippen MR) is 106 cm³/mol. The summed E-state index contributed by atoms with van der Waals surface area (Å²) in [6.07, 6.45) is 0.803. The average Bonchev–Trinajstić information content (AvgIpc) is 3.10. The van der Waals surface area contributed by atoms with Crippen molar-refractivity contribution in [2.24, 2.45) is 5.73 Å². The van der Waals surface area contributed by atoms with Crippen LogP contribution in [0.1, 0.15) is 24.8 Å². The molecule has 0 aliphatic heterocycles. The second-order valence-corrected chi connectivity index (χ2v) is 7.16. The summed E-state index contributed by atoms with van der Waals surface area (Å²) in [6.45, 7) is 3.61. The van der Waals surface area contributed by atoms with Gasteiger partial charge in [0.1, 0.15) is 16.7 Å². The fourth-order valence-corrected chi connectivity index (χ4v) is 3.84. The lowest BCUT2D eigenvalue weighted by atomic mass is 10.1. The number of primary amides is 1. The minimum atomic E-state index is -0.845. The van der Waals surface area contributed by atoms with Gasteiger partial charge in [-0.25, -0.2) is 4.98 Å². The van der Waals surface area contributed by atoms with Crippen LogP contribution < -0.4 is 20.8 Å². The summed E-state index contributed by atoms with van der Waals surface area (Å²) in [6, 6.07) is 6.22. The van der Waals surface area contributed by atoms with E-state index in [2.05, 4.69) is 4.98 Å². The Balaban J connectivity index is 2.35. The second-order valence-electron chi connectivity index (χ2n) is 6.04. The van der Waals surface area contributed by atoms with E-state index in [1.165, 1.54) is 23.0 Å². The maximum absolute atomic E-state index is 13.1. The lowest BCUT2D eigenvalue weighted by molar-refractivity contribution is -0.120. The molecule has 2 aromatic heterocycles. The molecule has 7 nitrogen and oxygen atoms in total. The van der Waals surface area contributed by atoms with Gasteiger partial charge in [-0.05, 0) is 37.6 Å². The summed E-state index contributed by atoms with van der Waals surface area (Å²) >= 11 is 1.47. The Morgan fingerprint density at radius 1 is 1.26 bits per heavy atom. The minimum Gasteiger partial charge on any atom is -0.493 e. The molecule has 2 heterocycles. The van der Waals surface area contributed by atoms with Crippen LogP contribution in [0.25, 0.3) is 21.6 Å². The summed E-state index contributed by atoms with van der Waals surface area (Å²) in [7, 11) is 3.08. The van der Waals surface area contributed by atoms with Crippen molar-refractivity contribution in [3.05, 3.63) is 39.5 Å². The van der Waals surface area contributed by atoms with E-state index in [1.807, 2.05) is 13.0 Å². The number of nitrogens with zero attached hydrogens (tertiary/aromatic N) is 2. The smallest absolute Gasteiger partial charge is 0.263 e. The molecule has 8 heteroatoms. The first-order valence-electron chi connectivity index (χ1n) is 8.47. The van der Waals surface area contributed by atoms with Crippen LogP contribution in [0.15, 0.2) is 29.1 Å². The molecule has 0 bridgehead atoms. The highest BCUT2D eigenvalue weighted by molar-refractivity contribution is 7.18. The van der Waals surface area contributed by atoms with E-state index in [4.69, 9.17) is 15.2 Å². The number of hydrogen-bond donors (Lipinski definition) is 1. The molecule has 27 heavy (non-hydrogen) atoms. The molecule has 0 aliphatic rings. The number of rotatable bonds is 6. The van der Waals surface area contributed by atoms with E-state index in [9.17, 15) is 9.59 Å². The summed E-state index contributed by atoms with van der Waals surface area (Å²) in [5.41, 5.74) is 5.84. The molecule has 0 spiro atoms. The summed E-state index contributed by atoms with van der Waals surface area (Å²) < 4.78 is 12.0. The quantitative estimate of drug-likeness (QED) is 0.701. The monoisotopic (exact) mass is 387 g/mol. The third-order valence-electron chi connectivity index (χ3n) is 4.44. The van der Waals surface area contributed by atoms with Gasteiger partial charge in [0.05, 0.1) is 19.6 Å². The van der Waals surface area contributed by atoms with E-state index >= 15 is 0 Å². The van der Waals surface area contributed by atoms with Gasteiger partial charge in [-0.1, -0.05) is 6.92 Å². The lowest BCUT2D eigenvalue weighted by Gasteiger charge is -2.17. The van der Waals surface area contributed by atoms with Gasteiger partial charge in [0.15, 0.2) is 11.5 Å². The van der Waals surface area contributed by atoms with E-state index < -0.39 is 11.9 Å². The highest BCUT2D eigenvalue weighted by atomic mass is 32.1. The van der Waals surface area contributed by atoms with Gasteiger partial charge in [0.25, 0.3) is 5.56 Å². The molecule has 1 unspecified atom stereocenters. The van der Waals surface area contributed by atoms with Crippen molar-refractivity contribution in [1.29, 1.82) is 0 Å². The number of ether oxygens (including phenoxy) is 2. The van der Waals surface area contributed by atoms with Crippen LogP contribution in [0.2, 0.25) is 0 Å². The topological polar surface area (TPSA) is 96.4 Å². The van der Waals surface area contributed by atoms with Crippen molar-refractivity contribution in [2.75, 3.05) is 14.2 Å². The van der Waals surface area contributed by atoms with Crippen LogP contribution in [0.5, 0.6) is 11.5 Å². The van der Waals surface area contributed by atoms with Gasteiger partial charge in [0.2, 0.25) is 5.91 Å². The van der Waals surface area contributed by atoms with Gasteiger partial charge < -0.3 is 15.2 Å². The summed E-state index contributed by atoms with van der Waals surface area (Å²) in [4.78, 5) is 31.4. The van der Waals surface area contributed by atoms with Gasteiger partial charge in [-0.15, -0.1) is 11.3 Å². The van der Waals surface area contributed by atoms with Gasteiger partial charge in [0, 0.05) is 10.4 Å². The van der Waals surface area contributed by atoms with Crippen LogP contribution in [-0.4, -0.2) is 29.7 Å². The number of benzene rings is 1. The Hall–Kier alpha value is -2.87. The molecule has 1 atom stereocenters. The molecule has 1 aromatic carbocycles. The maximum Gasteiger partial charge on any atom is 0.263 e. The standard InChI is InChI=1S/C19H21N3O4S/c1-5-12-9-13-18(27-12)21-17(22(19(13)24)10(2)16(20)23)11-6-7-14(25-3)15(8-11)26-4/h6-10H,5H2,1-4H3,(H2,20,23). The third-order valence-corrected chi connectivity index (χ3v) is 5.61. The molecule has 0 saturated carbocycles. The first kappa shape index (κ1) is 18.9. The van der Waals surface area contributed by atoms with Crippen molar-refractivity contribution < 1.29 is 14.3 Å². The van der Waals surface area contributed by atoms with Gasteiger partial charge >= 0.3 is 0 Å². The molecule has 2 N–H and O–H groups in total. The number of carbonyl (C=O) groups is 1. The zero-order chi connectivity index (χ0) is 19.7. The molecule has 0 radical (unpaired) electrons. The number of aromatic nitrogens is 2. The van der Waals surface area contributed by atoms with Crippen LogP contribution in [0, 0.1) is 0 Å². The van der Waals surface area contributed by atoms with Crippen molar-refractivity contribution in [3.8, 4) is 22.9 Å². The second kappa shape index (κ2) is 7.40.